The zero-order chi connectivity index (χ0) is 18.5. The van der Waals surface area contributed by atoms with Gasteiger partial charge in [0.05, 0.1) is 0 Å². The molecule has 138 valence electrons. The number of benzene rings is 2. The van der Waals surface area contributed by atoms with Crippen LogP contribution in [0, 0.1) is 0 Å². The van der Waals surface area contributed by atoms with Gasteiger partial charge in [0.15, 0.2) is 0 Å². The van der Waals surface area contributed by atoms with Gasteiger partial charge in [0, 0.05) is 12.1 Å². The Balaban J connectivity index is 1.53. The zero-order valence-electron chi connectivity index (χ0n) is 15.6. The minimum atomic E-state index is 0.105. The Bertz CT molecular complexity index is 587. The summed E-state index contributed by atoms with van der Waals surface area (Å²) in [5.74, 6) is 0. The van der Waals surface area contributed by atoms with Gasteiger partial charge in [-0.3, -0.25) is 0 Å². The van der Waals surface area contributed by atoms with Crippen molar-refractivity contribution >= 4 is 0 Å². The summed E-state index contributed by atoms with van der Waals surface area (Å²) in [7, 11) is 0. The third kappa shape index (κ3) is 8.80. The number of nitrogens with two attached hydrogens (primary N) is 2. The Morgan fingerprint density at radius 1 is 0.615 bits per heavy atom. The summed E-state index contributed by atoms with van der Waals surface area (Å²) >= 11 is 0. The van der Waals surface area contributed by atoms with Gasteiger partial charge in [0.2, 0.25) is 0 Å². The molecule has 0 aliphatic heterocycles. The summed E-state index contributed by atoms with van der Waals surface area (Å²) in [5.41, 5.74) is 14.9. The number of hydrogen-bond acceptors (Lipinski definition) is 2. The first-order chi connectivity index (χ1) is 12.7. The van der Waals surface area contributed by atoms with Crippen LogP contribution in [-0.4, -0.2) is 12.1 Å². The van der Waals surface area contributed by atoms with E-state index in [9.17, 15) is 0 Å². The molecule has 0 unspecified atom stereocenters. The van der Waals surface area contributed by atoms with Gasteiger partial charge in [-0.15, -0.1) is 0 Å². The lowest BCUT2D eigenvalue weighted by molar-refractivity contribution is 0.744. The van der Waals surface area contributed by atoms with Gasteiger partial charge < -0.3 is 11.5 Å². The molecule has 0 amide bonds. The van der Waals surface area contributed by atoms with Crippen LogP contribution in [-0.2, 0) is 12.8 Å². The lowest BCUT2D eigenvalue weighted by Gasteiger charge is -2.06. The topological polar surface area (TPSA) is 52.0 Å². The number of hydrogen-bond donors (Lipinski definition) is 2. The first-order valence-electron chi connectivity index (χ1n) is 9.66. The van der Waals surface area contributed by atoms with E-state index in [4.69, 9.17) is 11.5 Å². The van der Waals surface area contributed by atoms with E-state index in [1.165, 1.54) is 24.0 Å². The SMILES string of the molecule is N[C@H](/C=C\CCCC/C=C\[C@@H](N)Cc1ccccc1)Cc1ccccc1. The summed E-state index contributed by atoms with van der Waals surface area (Å²) in [4.78, 5) is 0. The second-order valence-corrected chi connectivity index (χ2v) is 6.85. The monoisotopic (exact) mass is 348 g/mol. The highest BCUT2D eigenvalue weighted by atomic mass is 14.6. The van der Waals surface area contributed by atoms with E-state index < -0.39 is 0 Å². The van der Waals surface area contributed by atoms with E-state index in [2.05, 4.69) is 72.8 Å². The maximum Gasteiger partial charge on any atom is 0.0264 e. The van der Waals surface area contributed by atoms with Crippen molar-refractivity contribution < 1.29 is 0 Å². The van der Waals surface area contributed by atoms with Crippen LogP contribution in [0.25, 0.3) is 0 Å². The largest absolute Gasteiger partial charge is 0.324 e. The van der Waals surface area contributed by atoms with Crippen molar-refractivity contribution in [2.24, 2.45) is 11.5 Å². The van der Waals surface area contributed by atoms with Gasteiger partial charge in [-0.2, -0.15) is 0 Å². The molecule has 0 saturated carbocycles. The summed E-state index contributed by atoms with van der Waals surface area (Å²) in [6.07, 6.45) is 15.1. The Morgan fingerprint density at radius 3 is 1.38 bits per heavy atom. The summed E-state index contributed by atoms with van der Waals surface area (Å²) < 4.78 is 0. The summed E-state index contributed by atoms with van der Waals surface area (Å²) in [5, 5.41) is 0. The molecular weight excluding hydrogens is 316 g/mol. The average Bonchev–Trinajstić information content (AvgIpc) is 2.65. The van der Waals surface area contributed by atoms with Crippen LogP contribution in [0.5, 0.6) is 0 Å². The van der Waals surface area contributed by atoms with E-state index in [0.29, 0.717) is 0 Å². The molecule has 2 nitrogen and oxygen atoms in total. The minimum absolute atomic E-state index is 0.105. The lowest BCUT2D eigenvalue weighted by atomic mass is 10.0. The summed E-state index contributed by atoms with van der Waals surface area (Å²) in [6, 6.07) is 21.0. The second kappa shape index (κ2) is 12.2. The fourth-order valence-electron chi connectivity index (χ4n) is 2.98. The predicted molar refractivity (Wildman–Crippen MR) is 113 cm³/mol. The number of rotatable bonds is 11. The molecule has 0 spiro atoms. The average molecular weight is 349 g/mol. The quantitative estimate of drug-likeness (QED) is 0.453. The second-order valence-electron chi connectivity index (χ2n) is 6.85. The molecule has 0 radical (unpaired) electrons. The van der Waals surface area contributed by atoms with Gasteiger partial charge in [0.25, 0.3) is 0 Å². The lowest BCUT2D eigenvalue weighted by Crippen LogP contribution is -2.19. The number of allylic oxidation sites excluding steroid dienone is 2. The Kier molecular flexibility index (Phi) is 9.48. The molecule has 0 aliphatic carbocycles. The standard InChI is InChI=1S/C24H32N2/c25-23(19-21-13-7-5-8-14-21)17-11-3-1-2-4-12-18-24(26)20-22-15-9-6-10-16-22/h5-18,23-24H,1-4,19-20,25-26H2/b17-11-,18-12-/t23-,24-/m1/s1. The predicted octanol–water partition coefficient (Wildman–Crippen LogP) is 4.80. The van der Waals surface area contributed by atoms with Crippen molar-refractivity contribution in [3.8, 4) is 0 Å². The van der Waals surface area contributed by atoms with Crippen molar-refractivity contribution in [2.75, 3.05) is 0 Å². The highest BCUT2D eigenvalue weighted by molar-refractivity contribution is 5.18. The van der Waals surface area contributed by atoms with E-state index in [0.717, 1.165) is 25.7 Å². The molecule has 0 aromatic heterocycles. The molecule has 4 N–H and O–H groups in total. The van der Waals surface area contributed by atoms with Crippen molar-refractivity contribution in [1.29, 1.82) is 0 Å². The zero-order valence-corrected chi connectivity index (χ0v) is 15.6. The Morgan fingerprint density at radius 2 is 1.00 bits per heavy atom. The molecular formula is C24H32N2. The molecule has 0 aliphatic rings. The third-order valence-corrected chi connectivity index (χ3v) is 4.39. The highest BCUT2D eigenvalue weighted by Crippen LogP contribution is 2.07. The van der Waals surface area contributed by atoms with Crippen LogP contribution >= 0.6 is 0 Å². The molecule has 2 rings (SSSR count). The van der Waals surface area contributed by atoms with E-state index in [1.54, 1.807) is 0 Å². The van der Waals surface area contributed by atoms with Gasteiger partial charge >= 0.3 is 0 Å². The van der Waals surface area contributed by atoms with Gasteiger partial charge in [0.1, 0.15) is 0 Å². The minimum Gasteiger partial charge on any atom is -0.324 e. The van der Waals surface area contributed by atoms with Crippen LogP contribution in [0.15, 0.2) is 85.0 Å². The Labute approximate surface area is 158 Å². The molecule has 0 fully saturated rings. The van der Waals surface area contributed by atoms with Crippen LogP contribution in [0.3, 0.4) is 0 Å². The fourth-order valence-corrected chi connectivity index (χ4v) is 2.98. The van der Waals surface area contributed by atoms with Crippen LogP contribution in [0.4, 0.5) is 0 Å². The third-order valence-electron chi connectivity index (χ3n) is 4.39. The van der Waals surface area contributed by atoms with Gasteiger partial charge in [-0.05, 0) is 49.7 Å². The highest BCUT2D eigenvalue weighted by Gasteiger charge is 1.99. The van der Waals surface area contributed by atoms with Gasteiger partial charge in [-0.25, -0.2) is 0 Å². The Hall–Kier alpha value is -2.16. The summed E-state index contributed by atoms with van der Waals surface area (Å²) in [6.45, 7) is 0. The fraction of sp³-hybridized carbons (Fsp3) is 0.333. The molecule has 26 heavy (non-hydrogen) atoms. The normalized spacial score (nSPS) is 14.1. The molecule has 2 heteroatoms. The molecule has 2 atom stereocenters. The maximum absolute atomic E-state index is 6.15. The van der Waals surface area contributed by atoms with E-state index >= 15 is 0 Å². The van der Waals surface area contributed by atoms with Crippen LogP contribution < -0.4 is 11.5 Å². The number of unbranched alkanes of at least 4 members (excludes halogenated alkanes) is 3. The first-order valence-corrected chi connectivity index (χ1v) is 9.66. The maximum atomic E-state index is 6.15. The molecule has 0 heterocycles. The van der Waals surface area contributed by atoms with Crippen molar-refractivity contribution in [3.63, 3.8) is 0 Å². The van der Waals surface area contributed by atoms with Crippen LogP contribution in [0.2, 0.25) is 0 Å². The van der Waals surface area contributed by atoms with Crippen molar-refractivity contribution in [3.05, 3.63) is 96.1 Å². The van der Waals surface area contributed by atoms with Crippen molar-refractivity contribution in [2.45, 2.75) is 50.6 Å². The van der Waals surface area contributed by atoms with Crippen molar-refractivity contribution in [1.82, 2.24) is 0 Å². The smallest absolute Gasteiger partial charge is 0.0264 e. The molecule has 0 saturated heterocycles. The molecule has 0 bridgehead atoms. The van der Waals surface area contributed by atoms with Gasteiger partial charge in [-0.1, -0.05) is 85.0 Å². The van der Waals surface area contributed by atoms with E-state index in [1.807, 2.05) is 12.1 Å². The molecule has 2 aromatic rings. The first kappa shape index (κ1) is 20.2. The van der Waals surface area contributed by atoms with Crippen LogP contribution in [0.1, 0.15) is 36.8 Å². The van der Waals surface area contributed by atoms with E-state index in [-0.39, 0.29) is 12.1 Å². The molecule has 2 aromatic carbocycles.